The molecule has 2 rings (SSSR count). The zero-order valence-electron chi connectivity index (χ0n) is 11.6. The lowest BCUT2D eigenvalue weighted by molar-refractivity contribution is -0.145. The number of nitrogens with one attached hydrogen (secondary N) is 1. The summed E-state index contributed by atoms with van der Waals surface area (Å²) in [6.07, 6.45) is 3.17. The van der Waals surface area contributed by atoms with Gasteiger partial charge in [-0.1, -0.05) is 19.1 Å². The lowest BCUT2D eigenvalue weighted by Crippen LogP contribution is -2.30. The minimum absolute atomic E-state index is 0.178. The first-order valence-electron chi connectivity index (χ1n) is 6.69. The van der Waals surface area contributed by atoms with Crippen LogP contribution in [-0.2, 0) is 9.59 Å². The van der Waals surface area contributed by atoms with Crippen LogP contribution >= 0.6 is 11.8 Å². The summed E-state index contributed by atoms with van der Waals surface area (Å²) in [4.78, 5) is 24.6. The van der Waals surface area contributed by atoms with Crippen LogP contribution in [0.3, 0.4) is 0 Å². The Morgan fingerprint density at radius 2 is 1.90 bits per heavy atom. The number of carbonyl (C=O) groups is 2. The van der Waals surface area contributed by atoms with Gasteiger partial charge in [0.2, 0.25) is 5.91 Å². The number of amides is 1. The molecular formula is C15H19NO3S. The third kappa shape index (κ3) is 3.15. The number of benzene rings is 1. The average Bonchev–Trinajstić information content (AvgIpc) is 2.82. The van der Waals surface area contributed by atoms with E-state index >= 15 is 0 Å². The van der Waals surface area contributed by atoms with Gasteiger partial charge in [-0.15, -0.1) is 11.8 Å². The molecule has 0 bridgehead atoms. The lowest BCUT2D eigenvalue weighted by Gasteiger charge is -2.16. The molecule has 0 aromatic heterocycles. The molecule has 1 saturated carbocycles. The summed E-state index contributed by atoms with van der Waals surface area (Å²) >= 11 is 1.56. The van der Waals surface area contributed by atoms with Gasteiger partial charge >= 0.3 is 5.97 Å². The van der Waals surface area contributed by atoms with Gasteiger partial charge in [0.1, 0.15) is 0 Å². The molecule has 1 fully saturated rings. The minimum Gasteiger partial charge on any atom is -0.481 e. The Hall–Kier alpha value is -1.49. The summed E-state index contributed by atoms with van der Waals surface area (Å²) in [5, 5.41) is 12.1. The van der Waals surface area contributed by atoms with E-state index in [1.807, 2.05) is 37.4 Å². The van der Waals surface area contributed by atoms with E-state index in [0.717, 1.165) is 10.6 Å². The van der Waals surface area contributed by atoms with E-state index < -0.39 is 17.8 Å². The molecule has 1 amide bonds. The fraction of sp³-hybridized carbons (Fsp3) is 0.467. The Kier molecular flexibility index (Phi) is 4.70. The number of carbonyl (C=O) groups excluding carboxylic acids is 1. The van der Waals surface area contributed by atoms with Crippen LogP contribution in [0.4, 0.5) is 5.69 Å². The Balaban J connectivity index is 2.13. The second-order valence-electron chi connectivity index (χ2n) is 5.32. The molecule has 3 unspecified atom stereocenters. The van der Waals surface area contributed by atoms with Crippen molar-refractivity contribution in [3.05, 3.63) is 24.3 Å². The Bertz CT molecular complexity index is 518. The predicted molar refractivity (Wildman–Crippen MR) is 79.9 cm³/mol. The first kappa shape index (κ1) is 14.9. The number of thioether (sulfide) groups is 1. The van der Waals surface area contributed by atoms with Gasteiger partial charge in [-0.25, -0.2) is 0 Å². The molecular weight excluding hydrogens is 274 g/mol. The molecule has 0 heterocycles. The summed E-state index contributed by atoms with van der Waals surface area (Å²) in [6, 6.07) is 7.56. The van der Waals surface area contributed by atoms with Crippen LogP contribution in [0.1, 0.15) is 19.8 Å². The third-order valence-electron chi connectivity index (χ3n) is 3.82. The maximum atomic E-state index is 12.4. The number of carboxylic acid groups (broad SMARTS) is 1. The molecule has 2 N–H and O–H groups in total. The number of anilines is 1. The summed E-state index contributed by atoms with van der Waals surface area (Å²) in [7, 11) is 0. The number of rotatable bonds is 4. The SMILES string of the molecule is CSc1ccccc1NC(=O)C1CC(C)CC1C(=O)O. The quantitative estimate of drug-likeness (QED) is 0.837. The van der Waals surface area contributed by atoms with Gasteiger partial charge in [0.15, 0.2) is 0 Å². The number of hydrogen-bond acceptors (Lipinski definition) is 3. The Morgan fingerprint density at radius 1 is 1.25 bits per heavy atom. The summed E-state index contributed by atoms with van der Waals surface area (Å²) in [5.41, 5.74) is 0.758. The number of carboxylic acids is 1. The van der Waals surface area contributed by atoms with E-state index in [4.69, 9.17) is 0 Å². The highest BCUT2D eigenvalue weighted by atomic mass is 32.2. The normalized spacial score (nSPS) is 25.4. The second-order valence-corrected chi connectivity index (χ2v) is 6.17. The zero-order chi connectivity index (χ0) is 14.7. The number of para-hydroxylation sites is 1. The van der Waals surface area contributed by atoms with Crippen LogP contribution in [0, 0.1) is 17.8 Å². The second kappa shape index (κ2) is 6.31. The highest BCUT2D eigenvalue weighted by Gasteiger charge is 2.41. The van der Waals surface area contributed by atoms with Crippen LogP contribution in [0.2, 0.25) is 0 Å². The molecule has 108 valence electrons. The van der Waals surface area contributed by atoms with Crippen molar-refractivity contribution in [2.75, 3.05) is 11.6 Å². The van der Waals surface area contributed by atoms with Crippen molar-refractivity contribution in [2.24, 2.45) is 17.8 Å². The molecule has 0 saturated heterocycles. The average molecular weight is 293 g/mol. The van der Waals surface area contributed by atoms with E-state index in [0.29, 0.717) is 12.8 Å². The largest absolute Gasteiger partial charge is 0.481 e. The fourth-order valence-electron chi connectivity index (χ4n) is 2.83. The molecule has 1 aromatic carbocycles. The predicted octanol–water partition coefficient (Wildman–Crippen LogP) is 3.09. The van der Waals surface area contributed by atoms with Gasteiger partial charge in [-0.3, -0.25) is 9.59 Å². The van der Waals surface area contributed by atoms with Crippen molar-refractivity contribution in [2.45, 2.75) is 24.7 Å². The van der Waals surface area contributed by atoms with Crippen LogP contribution in [0.25, 0.3) is 0 Å². The van der Waals surface area contributed by atoms with Crippen LogP contribution < -0.4 is 5.32 Å². The van der Waals surface area contributed by atoms with Gasteiger partial charge in [0.25, 0.3) is 0 Å². The van der Waals surface area contributed by atoms with Crippen molar-refractivity contribution in [3.63, 3.8) is 0 Å². The molecule has 0 aliphatic heterocycles. The zero-order valence-corrected chi connectivity index (χ0v) is 12.4. The Labute approximate surface area is 123 Å². The third-order valence-corrected chi connectivity index (χ3v) is 4.61. The van der Waals surface area contributed by atoms with Crippen LogP contribution in [0.5, 0.6) is 0 Å². The molecule has 4 nitrogen and oxygen atoms in total. The van der Waals surface area contributed by atoms with E-state index in [9.17, 15) is 14.7 Å². The van der Waals surface area contributed by atoms with Crippen molar-refractivity contribution in [3.8, 4) is 0 Å². The minimum atomic E-state index is -0.868. The van der Waals surface area contributed by atoms with E-state index in [2.05, 4.69) is 5.32 Å². The first-order valence-corrected chi connectivity index (χ1v) is 7.92. The Morgan fingerprint density at radius 3 is 2.55 bits per heavy atom. The topological polar surface area (TPSA) is 66.4 Å². The van der Waals surface area contributed by atoms with Crippen LogP contribution in [-0.4, -0.2) is 23.2 Å². The van der Waals surface area contributed by atoms with Crippen molar-refractivity contribution >= 4 is 29.3 Å². The summed E-state index contributed by atoms with van der Waals surface area (Å²) in [6.45, 7) is 2.00. The molecule has 1 aliphatic carbocycles. The molecule has 5 heteroatoms. The van der Waals surface area contributed by atoms with E-state index in [1.165, 1.54) is 0 Å². The molecule has 20 heavy (non-hydrogen) atoms. The van der Waals surface area contributed by atoms with E-state index in [1.54, 1.807) is 11.8 Å². The molecule has 1 aliphatic rings. The first-order chi connectivity index (χ1) is 9.52. The molecule has 1 aromatic rings. The van der Waals surface area contributed by atoms with Crippen molar-refractivity contribution in [1.82, 2.24) is 0 Å². The highest BCUT2D eigenvalue weighted by Crippen LogP contribution is 2.37. The summed E-state index contributed by atoms with van der Waals surface area (Å²) in [5.74, 6) is -1.76. The van der Waals surface area contributed by atoms with Gasteiger partial charge in [-0.05, 0) is 37.1 Å². The monoisotopic (exact) mass is 293 g/mol. The van der Waals surface area contributed by atoms with Gasteiger partial charge in [0, 0.05) is 4.90 Å². The van der Waals surface area contributed by atoms with Crippen molar-refractivity contribution in [1.29, 1.82) is 0 Å². The smallest absolute Gasteiger partial charge is 0.307 e. The van der Waals surface area contributed by atoms with E-state index in [-0.39, 0.29) is 11.8 Å². The highest BCUT2D eigenvalue weighted by molar-refractivity contribution is 7.98. The number of aliphatic carboxylic acids is 1. The van der Waals surface area contributed by atoms with Gasteiger partial charge in [-0.2, -0.15) is 0 Å². The maximum Gasteiger partial charge on any atom is 0.307 e. The number of hydrogen-bond donors (Lipinski definition) is 2. The molecule has 0 spiro atoms. The lowest BCUT2D eigenvalue weighted by atomic mass is 9.95. The maximum absolute atomic E-state index is 12.4. The standard InChI is InChI=1S/C15H19NO3S/c1-9-7-10(11(8-9)15(18)19)14(17)16-12-5-3-4-6-13(12)20-2/h3-6,9-11H,7-8H2,1-2H3,(H,16,17)(H,18,19). The molecule has 3 atom stereocenters. The summed E-state index contributed by atoms with van der Waals surface area (Å²) < 4.78 is 0. The van der Waals surface area contributed by atoms with Crippen molar-refractivity contribution < 1.29 is 14.7 Å². The fourth-order valence-corrected chi connectivity index (χ4v) is 3.38. The van der Waals surface area contributed by atoms with Gasteiger partial charge < -0.3 is 10.4 Å². The van der Waals surface area contributed by atoms with Gasteiger partial charge in [0.05, 0.1) is 17.5 Å². The molecule has 0 radical (unpaired) electrons. The van der Waals surface area contributed by atoms with Crippen LogP contribution in [0.15, 0.2) is 29.2 Å².